The van der Waals surface area contributed by atoms with E-state index in [2.05, 4.69) is 63.4 Å². The minimum absolute atomic E-state index is 0.460. The van der Waals surface area contributed by atoms with E-state index in [1.807, 2.05) is 48.5 Å². The molecule has 0 unspecified atom stereocenters. The van der Waals surface area contributed by atoms with Crippen molar-refractivity contribution >= 4 is 39.6 Å². The van der Waals surface area contributed by atoms with E-state index in [-0.39, 0.29) is 0 Å². The number of ether oxygens (including phenoxy) is 3. The molecule has 4 aromatic rings. The van der Waals surface area contributed by atoms with E-state index < -0.39 is 0 Å². The van der Waals surface area contributed by atoms with Crippen LogP contribution in [0.2, 0.25) is 0 Å². The van der Waals surface area contributed by atoms with Crippen molar-refractivity contribution in [2.75, 3.05) is 14.2 Å². The molecule has 0 heterocycles. The lowest BCUT2D eigenvalue weighted by Gasteiger charge is -2.14. The summed E-state index contributed by atoms with van der Waals surface area (Å²) in [5, 5.41) is 6.75. The summed E-state index contributed by atoms with van der Waals surface area (Å²) in [5.74, 6) is 2.24. The van der Waals surface area contributed by atoms with Crippen molar-refractivity contribution in [1.29, 1.82) is 0 Å². The molecule has 0 saturated carbocycles. The third kappa shape index (κ3) is 5.57. The SMILES string of the molecule is COc1ccccc1CN/N=C\c1cc(I)c(OCc2cccc3ccccc23)c(OC)c1. The summed E-state index contributed by atoms with van der Waals surface area (Å²) in [4.78, 5) is 0. The van der Waals surface area contributed by atoms with Gasteiger partial charge in [-0.3, -0.25) is 0 Å². The van der Waals surface area contributed by atoms with E-state index >= 15 is 0 Å². The summed E-state index contributed by atoms with van der Waals surface area (Å²) >= 11 is 2.27. The molecule has 1 N–H and O–H groups in total. The third-order valence-corrected chi connectivity index (χ3v) is 6.07. The first-order valence-corrected chi connectivity index (χ1v) is 11.6. The highest BCUT2D eigenvalue weighted by Gasteiger charge is 2.12. The summed E-state index contributed by atoms with van der Waals surface area (Å²) < 4.78 is 18.2. The van der Waals surface area contributed by atoms with Crippen LogP contribution in [-0.2, 0) is 13.2 Å². The number of nitrogens with zero attached hydrogens (tertiary/aromatic N) is 1. The number of para-hydroxylation sites is 1. The number of benzene rings is 4. The molecule has 0 aromatic heterocycles. The fourth-order valence-electron chi connectivity index (χ4n) is 3.62. The Bertz CT molecular complexity index is 1270. The maximum atomic E-state index is 6.21. The van der Waals surface area contributed by atoms with Gasteiger partial charge in [0.05, 0.1) is 30.5 Å². The Morgan fingerprint density at radius 2 is 1.58 bits per heavy atom. The van der Waals surface area contributed by atoms with Gasteiger partial charge in [-0.1, -0.05) is 60.7 Å². The zero-order chi connectivity index (χ0) is 23.0. The second-order valence-corrected chi connectivity index (χ2v) is 8.53. The van der Waals surface area contributed by atoms with E-state index in [0.717, 1.165) is 31.8 Å². The Labute approximate surface area is 207 Å². The smallest absolute Gasteiger partial charge is 0.174 e. The Kier molecular flexibility index (Phi) is 7.67. The number of nitrogens with one attached hydrogen (secondary N) is 1. The third-order valence-electron chi connectivity index (χ3n) is 5.27. The predicted octanol–water partition coefficient (Wildman–Crippen LogP) is 6.16. The van der Waals surface area contributed by atoms with Gasteiger partial charge >= 0.3 is 0 Å². The number of methoxy groups -OCH3 is 2. The number of hydrogen-bond donors (Lipinski definition) is 1. The summed E-state index contributed by atoms with van der Waals surface area (Å²) in [7, 11) is 3.32. The van der Waals surface area contributed by atoms with Crippen LogP contribution in [0.3, 0.4) is 0 Å². The number of hydrogen-bond acceptors (Lipinski definition) is 5. The molecule has 0 aliphatic rings. The Hall–Kier alpha value is -3.26. The standard InChI is InChI=1S/C27H25IN2O3/c1-31-25-13-6-4-9-21(25)17-30-29-16-19-14-24(28)27(26(15-19)32-2)33-18-22-11-7-10-20-8-3-5-12-23(20)22/h3-16,30H,17-18H2,1-2H3/b29-16-. The molecule has 0 radical (unpaired) electrons. The largest absolute Gasteiger partial charge is 0.496 e. The van der Waals surface area contributed by atoms with Crippen molar-refractivity contribution in [3.8, 4) is 17.2 Å². The highest BCUT2D eigenvalue weighted by Crippen LogP contribution is 2.34. The quantitative estimate of drug-likeness (QED) is 0.154. The van der Waals surface area contributed by atoms with Gasteiger partial charge in [-0.2, -0.15) is 5.10 Å². The molecule has 0 fully saturated rings. The average molecular weight is 552 g/mol. The first-order valence-electron chi connectivity index (χ1n) is 10.5. The monoisotopic (exact) mass is 552 g/mol. The average Bonchev–Trinajstić information content (AvgIpc) is 2.86. The zero-order valence-electron chi connectivity index (χ0n) is 18.5. The maximum absolute atomic E-state index is 6.21. The van der Waals surface area contributed by atoms with Crippen molar-refractivity contribution < 1.29 is 14.2 Å². The van der Waals surface area contributed by atoms with Gasteiger partial charge in [0, 0.05) is 5.56 Å². The van der Waals surface area contributed by atoms with Crippen LogP contribution in [0.5, 0.6) is 17.2 Å². The molecule has 6 heteroatoms. The summed E-state index contributed by atoms with van der Waals surface area (Å²) in [6.07, 6.45) is 1.77. The van der Waals surface area contributed by atoms with Crippen molar-refractivity contribution in [2.24, 2.45) is 5.10 Å². The van der Waals surface area contributed by atoms with E-state index in [0.29, 0.717) is 18.9 Å². The van der Waals surface area contributed by atoms with Crippen LogP contribution in [0, 0.1) is 3.57 Å². The second-order valence-electron chi connectivity index (χ2n) is 7.37. The molecule has 0 bridgehead atoms. The fourth-order valence-corrected chi connectivity index (χ4v) is 4.40. The number of hydrazone groups is 1. The van der Waals surface area contributed by atoms with Gasteiger partial charge in [-0.25, -0.2) is 0 Å². The van der Waals surface area contributed by atoms with Crippen LogP contribution in [0.15, 0.2) is 84.0 Å². The summed E-state index contributed by atoms with van der Waals surface area (Å²) in [6.45, 7) is 1.03. The van der Waals surface area contributed by atoms with Crippen molar-refractivity contribution in [2.45, 2.75) is 13.2 Å². The normalized spacial score (nSPS) is 11.0. The topological polar surface area (TPSA) is 52.1 Å². The number of rotatable bonds is 9. The van der Waals surface area contributed by atoms with E-state index in [1.54, 1.807) is 20.4 Å². The lowest BCUT2D eigenvalue weighted by molar-refractivity contribution is 0.283. The number of fused-ring (bicyclic) bond motifs is 1. The van der Waals surface area contributed by atoms with Crippen molar-refractivity contribution in [1.82, 2.24) is 5.43 Å². The van der Waals surface area contributed by atoms with Gasteiger partial charge in [0.1, 0.15) is 12.4 Å². The molecule has 0 spiro atoms. The minimum atomic E-state index is 0.460. The number of halogens is 1. The van der Waals surface area contributed by atoms with E-state index in [9.17, 15) is 0 Å². The summed E-state index contributed by atoms with van der Waals surface area (Å²) in [5.41, 5.74) is 6.17. The predicted molar refractivity (Wildman–Crippen MR) is 141 cm³/mol. The van der Waals surface area contributed by atoms with Gasteiger partial charge in [0.2, 0.25) is 0 Å². The highest BCUT2D eigenvalue weighted by molar-refractivity contribution is 14.1. The first-order chi connectivity index (χ1) is 16.2. The molecule has 4 rings (SSSR count). The van der Waals surface area contributed by atoms with Gasteiger partial charge in [-0.05, 0) is 62.7 Å². The molecule has 33 heavy (non-hydrogen) atoms. The molecule has 0 amide bonds. The van der Waals surface area contributed by atoms with Crippen LogP contribution in [0.4, 0.5) is 0 Å². The second kappa shape index (κ2) is 11.0. The molecular formula is C27H25IN2O3. The Morgan fingerprint density at radius 3 is 2.42 bits per heavy atom. The maximum Gasteiger partial charge on any atom is 0.174 e. The minimum Gasteiger partial charge on any atom is -0.496 e. The lowest BCUT2D eigenvalue weighted by Crippen LogP contribution is -2.07. The van der Waals surface area contributed by atoms with Gasteiger partial charge in [0.25, 0.3) is 0 Å². The van der Waals surface area contributed by atoms with Crippen LogP contribution < -0.4 is 19.6 Å². The lowest BCUT2D eigenvalue weighted by atomic mass is 10.1. The Morgan fingerprint density at radius 1 is 0.848 bits per heavy atom. The Balaban J connectivity index is 1.45. The van der Waals surface area contributed by atoms with Crippen LogP contribution in [0.25, 0.3) is 10.8 Å². The van der Waals surface area contributed by atoms with E-state index in [1.165, 1.54) is 10.8 Å². The van der Waals surface area contributed by atoms with Gasteiger partial charge in [0.15, 0.2) is 11.5 Å². The van der Waals surface area contributed by atoms with E-state index in [4.69, 9.17) is 14.2 Å². The highest BCUT2D eigenvalue weighted by atomic mass is 127. The van der Waals surface area contributed by atoms with Gasteiger partial charge < -0.3 is 19.6 Å². The van der Waals surface area contributed by atoms with Crippen molar-refractivity contribution in [3.63, 3.8) is 0 Å². The summed E-state index contributed by atoms with van der Waals surface area (Å²) in [6, 6.07) is 26.4. The van der Waals surface area contributed by atoms with Crippen LogP contribution in [0.1, 0.15) is 16.7 Å². The fraction of sp³-hybridized carbons (Fsp3) is 0.148. The molecule has 5 nitrogen and oxygen atoms in total. The molecule has 168 valence electrons. The zero-order valence-corrected chi connectivity index (χ0v) is 20.7. The molecular weight excluding hydrogens is 527 g/mol. The van der Waals surface area contributed by atoms with Crippen LogP contribution in [-0.4, -0.2) is 20.4 Å². The van der Waals surface area contributed by atoms with Gasteiger partial charge in [-0.15, -0.1) is 0 Å². The van der Waals surface area contributed by atoms with Crippen molar-refractivity contribution in [3.05, 3.63) is 99.1 Å². The molecule has 0 aliphatic heterocycles. The first kappa shape index (κ1) is 22.9. The molecule has 0 atom stereocenters. The van der Waals surface area contributed by atoms with Crippen LogP contribution >= 0.6 is 22.6 Å². The molecule has 0 saturated heterocycles. The molecule has 4 aromatic carbocycles. The molecule has 0 aliphatic carbocycles.